The summed E-state index contributed by atoms with van der Waals surface area (Å²) in [7, 11) is 4.09. The Balaban J connectivity index is 1.72. The lowest BCUT2D eigenvalue weighted by Crippen LogP contribution is -2.48. The zero-order valence-electron chi connectivity index (χ0n) is 12.4. The molecule has 0 aliphatic heterocycles. The number of carbonyl (C=O) groups is 1. The van der Waals surface area contributed by atoms with Crippen molar-refractivity contribution in [2.24, 2.45) is 5.92 Å². The molecule has 0 saturated heterocycles. The Morgan fingerprint density at radius 3 is 2.80 bits per heavy atom. The second kappa shape index (κ2) is 6.41. The highest BCUT2D eigenvalue weighted by Gasteiger charge is 2.36. The van der Waals surface area contributed by atoms with Gasteiger partial charge in [0.2, 0.25) is 5.91 Å². The van der Waals surface area contributed by atoms with Crippen LogP contribution in [-0.4, -0.2) is 42.1 Å². The molecule has 0 bridgehead atoms. The lowest BCUT2D eigenvalue weighted by molar-refractivity contribution is -0.130. The van der Waals surface area contributed by atoms with Gasteiger partial charge in [0.1, 0.15) is 11.9 Å². The Labute approximate surface area is 119 Å². The van der Waals surface area contributed by atoms with Gasteiger partial charge in [-0.05, 0) is 46.0 Å². The predicted octanol–water partition coefficient (Wildman–Crippen LogP) is 1.55. The molecule has 20 heavy (non-hydrogen) atoms. The van der Waals surface area contributed by atoms with Gasteiger partial charge in [0.25, 0.3) is 0 Å². The number of hydrogen-bond acceptors (Lipinski definition) is 4. The number of furan rings is 1. The van der Waals surface area contributed by atoms with Crippen molar-refractivity contribution < 1.29 is 14.3 Å². The Hall–Kier alpha value is -1.33. The summed E-state index contributed by atoms with van der Waals surface area (Å²) in [5.74, 6) is 0.760. The largest absolute Gasteiger partial charge is 0.467 e. The summed E-state index contributed by atoms with van der Waals surface area (Å²) in [6.07, 6.45) is 3.18. The molecule has 1 aromatic heterocycles. The molecule has 5 heteroatoms. The SMILES string of the molecule is CC(CC(O)c1ccco1)NC(=O)C1CC(N(C)C)C1. The van der Waals surface area contributed by atoms with Crippen LogP contribution in [0.2, 0.25) is 0 Å². The molecule has 0 radical (unpaired) electrons. The maximum absolute atomic E-state index is 12.0. The lowest BCUT2D eigenvalue weighted by atomic mass is 9.79. The van der Waals surface area contributed by atoms with Crippen molar-refractivity contribution in [2.45, 2.75) is 44.4 Å². The van der Waals surface area contributed by atoms with Crippen LogP contribution in [0, 0.1) is 5.92 Å². The highest BCUT2D eigenvalue weighted by molar-refractivity contribution is 5.80. The average molecular weight is 280 g/mol. The molecular formula is C15H24N2O3. The normalized spacial score (nSPS) is 25.1. The minimum Gasteiger partial charge on any atom is -0.467 e. The van der Waals surface area contributed by atoms with Gasteiger partial charge >= 0.3 is 0 Å². The summed E-state index contributed by atoms with van der Waals surface area (Å²) in [6, 6.07) is 3.94. The van der Waals surface area contributed by atoms with E-state index in [1.807, 2.05) is 21.0 Å². The van der Waals surface area contributed by atoms with Crippen LogP contribution < -0.4 is 5.32 Å². The molecule has 112 valence electrons. The average Bonchev–Trinajstić information content (AvgIpc) is 2.78. The number of aliphatic hydroxyl groups excluding tert-OH is 1. The van der Waals surface area contributed by atoms with E-state index in [4.69, 9.17) is 4.42 Å². The first kappa shape index (κ1) is 15.1. The number of nitrogens with one attached hydrogen (secondary N) is 1. The van der Waals surface area contributed by atoms with E-state index in [9.17, 15) is 9.90 Å². The van der Waals surface area contributed by atoms with Crippen LogP contribution in [0.1, 0.15) is 38.1 Å². The number of carbonyl (C=O) groups excluding carboxylic acids is 1. The van der Waals surface area contributed by atoms with Gasteiger partial charge in [0.15, 0.2) is 0 Å². The molecule has 0 aromatic carbocycles. The molecule has 1 heterocycles. The molecule has 2 N–H and O–H groups in total. The smallest absolute Gasteiger partial charge is 0.223 e. The second-order valence-electron chi connectivity index (χ2n) is 5.96. The quantitative estimate of drug-likeness (QED) is 0.829. The molecule has 1 aromatic rings. The van der Waals surface area contributed by atoms with Gasteiger partial charge in [-0.15, -0.1) is 0 Å². The summed E-state index contributed by atoms with van der Waals surface area (Å²) in [4.78, 5) is 14.2. The number of rotatable bonds is 6. The van der Waals surface area contributed by atoms with Crippen molar-refractivity contribution in [3.8, 4) is 0 Å². The fraction of sp³-hybridized carbons (Fsp3) is 0.667. The van der Waals surface area contributed by atoms with Gasteiger partial charge < -0.3 is 19.7 Å². The van der Waals surface area contributed by atoms with E-state index in [0.29, 0.717) is 18.2 Å². The number of hydrogen-bond donors (Lipinski definition) is 2. The van der Waals surface area contributed by atoms with Crippen molar-refractivity contribution in [2.75, 3.05) is 14.1 Å². The zero-order valence-corrected chi connectivity index (χ0v) is 12.4. The summed E-state index contributed by atoms with van der Waals surface area (Å²) in [6.45, 7) is 1.91. The molecule has 1 fully saturated rings. The van der Waals surface area contributed by atoms with E-state index in [1.54, 1.807) is 12.1 Å². The van der Waals surface area contributed by atoms with Crippen LogP contribution in [0.4, 0.5) is 0 Å². The van der Waals surface area contributed by atoms with Gasteiger partial charge in [0.05, 0.1) is 6.26 Å². The summed E-state index contributed by atoms with van der Waals surface area (Å²) in [5, 5.41) is 12.9. The highest BCUT2D eigenvalue weighted by atomic mass is 16.4. The van der Waals surface area contributed by atoms with Crippen molar-refractivity contribution in [1.29, 1.82) is 0 Å². The van der Waals surface area contributed by atoms with Crippen molar-refractivity contribution in [3.63, 3.8) is 0 Å². The number of aliphatic hydroxyl groups is 1. The summed E-state index contributed by atoms with van der Waals surface area (Å²) >= 11 is 0. The lowest BCUT2D eigenvalue weighted by Gasteiger charge is -2.39. The maximum atomic E-state index is 12.0. The molecule has 1 aliphatic carbocycles. The fourth-order valence-electron chi connectivity index (χ4n) is 2.58. The van der Waals surface area contributed by atoms with Crippen LogP contribution in [0.3, 0.4) is 0 Å². The van der Waals surface area contributed by atoms with E-state index in [2.05, 4.69) is 10.2 Å². The van der Waals surface area contributed by atoms with Crippen molar-refractivity contribution in [3.05, 3.63) is 24.2 Å². The first-order valence-corrected chi connectivity index (χ1v) is 7.15. The third-order valence-electron chi connectivity index (χ3n) is 4.05. The number of amides is 1. The van der Waals surface area contributed by atoms with Gasteiger partial charge in [0, 0.05) is 24.4 Å². The standard InChI is InChI=1S/C15H24N2O3/c1-10(7-13(18)14-5-4-6-20-14)16-15(19)11-8-12(9-11)17(2)3/h4-6,10-13,18H,7-9H2,1-3H3,(H,16,19). The zero-order chi connectivity index (χ0) is 14.7. The van der Waals surface area contributed by atoms with E-state index in [0.717, 1.165) is 12.8 Å². The molecule has 2 atom stereocenters. The molecule has 0 spiro atoms. The van der Waals surface area contributed by atoms with E-state index >= 15 is 0 Å². The Morgan fingerprint density at radius 2 is 2.25 bits per heavy atom. The second-order valence-corrected chi connectivity index (χ2v) is 5.96. The molecular weight excluding hydrogens is 256 g/mol. The molecule has 5 nitrogen and oxygen atoms in total. The van der Waals surface area contributed by atoms with Crippen LogP contribution in [0.15, 0.2) is 22.8 Å². The third kappa shape index (κ3) is 3.61. The monoisotopic (exact) mass is 280 g/mol. The Kier molecular flexibility index (Phi) is 4.83. The highest BCUT2D eigenvalue weighted by Crippen LogP contribution is 2.30. The minimum absolute atomic E-state index is 0.0685. The predicted molar refractivity (Wildman–Crippen MR) is 76.1 cm³/mol. The molecule has 1 saturated carbocycles. The molecule has 2 unspecified atom stereocenters. The van der Waals surface area contributed by atoms with Gasteiger partial charge in [-0.25, -0.2) is 0 Å². The van der Waals surface area contributed by atoms with Gasteiger partial charge in [-0.1, -0.05) is 0 Å². The molecule has 2 rings (SSSR count). The van der Waals surface area contributed by atoms with Crippen LogP contribution >= 0.6 is 0 Å². The van der Waals surface area contributed by atoms with Gasteiger partial charge in [-0.3, -0.25) is 4.79 Å². The first-order chi connectivity index (χ1) is 9.47. The maximum Gasteiger partial charge on any atom is 0.223 e. The third-order valence-corrected chi connectivity index (χ3v) is 4.05. The Morgan fingerprint density at radius 1 is 1.55 bits per heavy atom. The topological polar surface area (TPSA) is 65.7 Å². The molecule has 1 aliphatic rings. The minimum atomic E-state index is -0.670. The molecule has 1 amide bonds. The van der Waals surface area contributed by atoms with E-state index < -0.39 is 6.10 Å². The first-order valence-electron chi connectivity index (χ1n) is 7.15. The summed E-state index contributed by atoms with van der Waals surface area (Å²) in [5.41, 5.74) is 0. The van der Waals surface area contributed by atoms with Crippen LogP contribution in [0.25, 0.3) is 0 Å². The fourth-order valence-corrected chi connectivity index (χ4v) is 2.58. The Bertz CT molecular complexity index is 424. The van der Waals surface area contributed by atoms with Crippen LogP contribution in [0.5, 0.6) is 0 Å². The number of nitrogens with zero attached hydrogens (tertiary/aromatic N) is 1. The van der Waals surface area contributed by atoms with Crippen molar-refractivity contribution in [1.82, 2.24) is 10.2 Å². The van der Waals surface area contributed by atoms with Crippen molar-refractivity contribution >= 4 is 5.91 Å². The summed E-state index contributed by atoms with van der Waals surface area (Å²) < 4.78 is 5.15. The van der Waals surface area contributed by atoms with E-state index in [-0.39, 0.29) is 17.9 Å². The van der Waals surface area contributed by atoms with Gasteiger partial charge in [-0.2, -0.15) is 0 Å². The van der Waals surface area contributed by atoms with Crippen LogP contribution in [-0.2, 0) is 4.79 Å². The van der Waals surface area contributed by atoms with E-state index in [1.165, 1.54) is 6.26 Å².